The fraction of sp³-hybridized carbons (Fsp3) is 0.385. The Morgan fingerprint density at radius 3 is 3.00 bits per heavy atom. The van der Waals surface area contributed by atoms with Crippen molar-refractivity contribution in [2.75, 3.05) is 6.54 Å². The molecule has 0 bridgehead atoms. The van der Waals surface area contributed by atoms with E-state index in [0.717, 1.165) is 34.9 Å². The molecule has 2 aromatic heterocycles. The molecule has 0 spiro atoms. The molecular formula is C13H14ClN3OS. The summed E-state index contributed by atoms with van der Waals surface area (Å²) in [5.74, 6) is 0.618. The van der Waals surface area contributed by atoms with E-state index >= 15 is 0 Å². The minimum Gasteiger partial charge on any atom is -0.465 e. The molecule has 1 atom stereocenters. The quantitative estimate of drug-likeness (QED) is 0.822. The smallest absolute Gasteiger partial charge is 0.220 e. The first kappa shape index (κ1) is 12.8. The molecule has 1 N–H and O–H groups in total. The number of halogens is 1. The normalized spacial score (nSPS) is 18.6. The molecule has 6 heteroatoms. The lowest BCUT2D eigenvalue weighted by atomic mass is 10.1. The van der Waals surface area contributed by atoms with Gasteiger partial charge in [-0.25, -0.2) is 9.97 Å². The van der Waals surface area contributed by atoms with E-state index in [0.29, 0.717) is 11.0 Å². The molecule has 2 aromatic rings. The average molecular weight is 296 g/mol. The molecule has 1 aliphatic heterocycles. The van der Waals surface area contributed by atoms with Crippen LogP contribution < -0.4 is 10.1 Å². The van der Waals surface area contributed by atoms with Gasteiger partial charge in [-0.2, -0.15) is 0 Å². The van der Waals surface area contributed by atoms with Gasteiger partial charge in [0.05, 0.1) is 0 Å². The second-order valence-corrected chi connectivity index (χ2v) is 5.89. The zero-order valence-electron chi connectivity index (χ0n) is 10.7. The summed E-state index contributed by atoms with van der Waals surface area (Å²) in [7, 11) is 0. The second-order valence-electron chi connectivity index (χ2n) is 4.61. The molecule has 0 saturated heterocycles. The van der Waals surface area contributed by atoms with Gasteiger partial charge in [0.25, 0.3) is 0 Å². The minimum atomic E-state index is -0.106. The first-order chi connectivity index (χ1) is 9.13. The maximum absolute atomic E-state index is 6.01. The van der Waals surface area contributed by atoms with Gasteiger partial charge in [0, 0.05) is 29.7 Å². The van der Waals surface area contributed by atoms with E-state index in [2.05, 4.69) is 15.3 Å². The molecule has 100 valence electrons. The number of aromatic nitrogens is 2. The molecule has 3 rings (SSSR count). The van der Waals surface area contributed by atoms with E-state index < -0.39 is 0 Å². The lowest BCUT2D eigenvalue weighted by Gasteiger charge is -2.14. The van der Waals surface area contributed by atoms with Gasteiger partial charge >= 0.3 is 0 Å². The summed E-state index contributed by atoms with van der Waals surface area (Å²) in [5, 5.41) is 6.84. The standard InChI is InChI=1S/C13H14ClN3OS/c1-7-3-11(14)17-12-9(7)4-15-5-10(18-12)13-16-8(2)6-19-13/h3,6,10,15H,4-5H2,1-2H3. The molecule has 1 aliphatic rings. The van der Waals surface area contributed by atoms with Crippen LogP contribution in [-0.4, -0.2) is 16.5 Å². The highest BCUT2D eigenvalue weighted by Crippen LogP contribution is 2.31. The SMILES string of the molecule is Cc1csc(C2CNCc3c(C)cc(Cl)nc3O2)n1. The Bertz CT molecular complexity index is 614. The number of ether oxygens (including phenoxy) is 1. The summed E-state index contributed by atoms with van der Waals surface area (Å²) in [6, 6.07) is 1.86. The van der Waals surface area contributed by atoms with Crippen LogP contribution in [0.4, 0.5) is 0 Å². The van der Waals surface area contributed by atoms with E-state index in [1.165, 1.54) is 0 Å². The number of rotatable bonds is 1. The molecule has 4 nitrogen and oxygen atoms in total. The van der Waals surface area contributed by atoms with Crippen LogP contribution in [0, 0.1) is 13.8 Å². The lowest BCUT2D eigenvalue weighted by Crippen LogP contribution is -2.21. The molecule has 3 heterocycles. The van der Waals surface area contributed by atoms with Crippen molar-refractivity contribution in [3.8, 4) is 5.88 Å². The van der Waals surface area contributed by atoms with Crippen molar-refractivity contribution in [1.82, 2.24) is 15.3 Å². The van der Waals surface area contributed by atoms with E-state index in [1.54, 1.807) is 11.3 Å². The van der Waals surface area contributed by atoms with Crippen molar-refractivity contribution >= 4 is 22.9 Å². The van der Waals surface area contributed by atoms with Gasteiger partial charge in [-0.1, -0.05) is 11.6 Å². The molecule has 1 unspecified atom stereocenters. The third kappa shape index (κ3) is 2.59. The van der Waals surface area contributed by atoms with Gasteiger partial charge in [0.1, 0.15) is 10.2 Å². The summed E-state index contributed by atoms with van der Waals surface area (Å²) in [5.41, 5.74) is 3.18. The molecule has 19 heavy (non-hydrogen) atoms. The third-order valence-corrected chi connectivity index (χ3v) is 4.32. The van der Waals surface area contributed by atoms with E-state index in [1.807, 2.05) is 25.3 Å². The highest BCUT2D eigenvalue weighted by molar-refractivity contribution is 7.09. The molecule has 0 amide bonds. The number of hydrogen-bond acceptors (Lipinski definition) is 5. The van der Waals surface area contributed by atoms with Crippen LogP contribution in [0.5, 0.6) is 5.88 Å². The average Bonchev–Trinajstić information content (AvgIpc) is 2.66. The van der Waals surface area contributed by atoms with Crippen molar-refractivity contribution < 1.29 is 4.74 Å². The Hall–Kier alpha value is -1.17. The van der Waals surface area contributed by atoms with E-state index in [9.17, 15) is 0 Å². The van der Waals surface area contributed by atoms with Gasteiger partial charge in [-0.05, 0) is 25.5 Å². The van der Waals surface area contributed by atoms with Crippen molar-refractivity contribution in [2.45, 2.75) is 26.5 Å². The van der Waals surface area contributed by atoms with Gasteiger partial charge in [0.15, 0.2) is 6.10 Å². The summed E-state index contributed by atoms with van der Waals surface area (Å²) >= 11 is 7.62. The van der Waals surface area contributed by atoms with Crippen LogP contribution in [0.25, 0.3) is 0 Å². The monoisotopic (exact) mass is 295 g/mol. The van der Waals surface area contributed by atoms with Crippen LogP contribution in [0.1, 0.15) is 27.9 Å². The second kappa shape index (κ2) is 5.07. The van der Waals surface area contributed by atoms with Gasteiger partial charge in [0.2, 0.25) is 5.88 Å². The summed E-state index contributed by atoms with van der Waals surface area (Å²) in [4.78, 5) is 8.78. The highest BCUT2D eigenvalue weighted by atomic mass is 35.5. The molecule has 0 radical (unpaired) electrons. The number of nitrogens with one attached hydrogen (secondary N) is 1. The zero-order chi connectivity index (χ0) is 13.4. The summed E-state index contributed by atoms with van der Waals surface area (Å²) < 4.78 is 6.01. The first-order valence-corrected chi connectivity index (χ1v) is 7.34. The van der Waals surface area contributed by atoms with Gasteiger partial charge in [-0.3, -0.25) is 0 Å². The predicted molar refractivity (Wildman–Crippen MR) is 75.9 cm³/mol. The zero-order valence-corrected chi connectivity index (χ0v) is 12.3. The minimum absolute atomic E-state index is 0.106. The maximum atomic E-state index is 6.01. The Kier molecular flexibility index (Phi) is 3.43. The molecule has 0 fully saturated rings. The van der Waals surface area contributed by atoms with Gasteiger partial charge in [-0.15, -0.1) is 11.3 Å². The van der Waals surface area contributed by atoms with E-state index in [-0.39, 0.29) is 6.10 Å². The number of aryl methyl sites for hydroxylation is 2. The fourth-order valence-corrected chi connectivity index (χ4v) is 3.17. The number of fused-ring (bicyclic) bond motifs is 1. The maximum Gasteiger partial charge on any atom is 0.220 e. The van der Waals surface area contributed by atoms with Crippen LogP contribution >= 0.6 is 22.9 Å². The van der Waals surface area contributed by atoms with Crippen molar-refractivity contribution in [2.24, 2.45) is 0 Å². The number of pyridine rings is 1. The Morgan fingerprint density at radius 1 is 1.42 bits per heavy atom. The molecule has 0 aliphatic carbocycles. The van der Waals surface area contributed by atoms with Crippen molar-refractivity contribution in [3.63, 3.8) is 0 Å². The Morgan fingerprint density at radius 2 is 2.26 bits per heavy atom. The van der Waals surface area contributed by atoms with Gasteiger partial charge < -0.3 is 10.1 Å². The van der Waals surface area contributed by atoms with Crippen molar-refractivity contribution in [3.05, 3.63) is 38.4 Å². The predicted octanol–water partition coefficient (Wildman–Crippen LogP) is 3.03. The number of hydrogen-bond donors (Lipinski definition) is 1. The molecule has 0 aromatic carbocycles. The topological polar surface area (TPSA) is 47.0 Å². The first-order valence-electron chi connectivity index (χ1n) is 6.09. The van der Waals surface area contributed by atoms with Crippen LogP contribution in [0.15, 0.2) is 11.4 Å². The highest BCUT2D eigenvalue weighted by Gasteiger charge is 2.23. The van der Waals surface area contributed by atoms with Crippen molar-refractivity contribution in [1.29, 1.82) is 0 Å². The Balaban J connectivity index is 1.96. The van der Waals surface area contributed by atoms with Crippen LogP contribution in [0.2, 0.25) is 5.15 Å². The fourth-order valence-electron chi connectivity index (χ4n) is 2.11. The molecule has 0 saturated carbocycles. The largest absolute Gasteiger partial charge is 0.465 e. The van der Waals surface area contributed by atoms with Crippen LogP contribution in [-0.2, 0) is 6.54 Å². The van der Waals surface area contributed by atoms with E-state index in [4.69, 9.17) is 16.3 Å². The molecular weight excluding hydrogens is 282 g/mol. The van der Waals surface area contributed by atoms with Crippen LogP contribution in [0.3, 0.4) is 0 Å². The lowest BCUT2D eigenvalue weighted by molar-refractivity contribution is 0.201. The number of thiazole rings is 1. The number of nitrogens with zero attached hydrogens (tertiary/aromatic N) is 2. The summed E-state index contributed by atoms with van der Waals surface area (Å²) in [6.07, 6.45) is -0.106. The summed E-state index contributed by atoms with van der Waals surface area (Å²) in [6.45, 7) is 5.47. The third-order valence-electron chi connectivity index (χ3n) is 3.08. The Labute approximate surface area is 120 Å².